The van der Waals surface area contributed by atoms with Crippen molar-refractivity contribution in [2.45, 2.75) is 6.42 Å². The molecule has 4 nitrogen and oxygen atoms in total. The predicted molar refractivity (Wildman–Crippen MR) is 80.9 cm³/mol. The van der Waals surface area contributed by atoms with Gasteiger partial charge in [-0.1, -0.05) is 28.1 Å². The third kappa shape index (κ3) is 1.67. The highest BCUT2D eigenvalue weighted by Gasteiger charge is 2.59. The van der Waals surface area contributed by atoms with Gasteiger partial charge in [-0.25, -0.2) is 4.90 Å². The summed E-state index contributed by atoms with van der Waals surface area (Å²) >= 11 is 3.39. The molecule has 5 heteroatoms. The van der Waals surface area contributed by atoms with Gasteiger partial charge in [0.25, 0.3) is 0 Å². The van der Waals surface area contributed by atoms with E-state index in [-0.39, 0.29) is 35.5 Å². The number of hydrogen-bond acceptors (Lipinski definition) is 3. The van der Waals surface area contributed by atoms with Crippen molar-refractivity contribution in [3.8, 4) is 5.75 Å². The van der Waals surface area contributed by atoms with Crippen molar-refractivity contribution in [2.24, 2.45) is 23.7 Å². The van der Waals surface area contributed by atoms with Crippen LogP contribution in [-0.4, -0.2) is 18.9 Å². The number of halogens is 1. The molecule has 4 atom stereocenters. The second kappa shape index (κ2) is 4.44. The van der Waals surface area contributed by atoms with Crippen molar-refractivity contribution < 1.29 is 14.3 Å². The summed E-state index contributed by atoms with van der Waals surface area (Å²) in [5.74, 6) is 0.447. The van der Waals surface area contributed by atoms with Gasteiger partial charge in [-0.3, -0.25) is 9.59 Å². The van der Waals surface area contributed by atoms with Crippen molar-refractivity contribution >= 4 is 33.4 Å². The molecular weight excluding hydrogens is 334 g/mol. The summed E-state index contributed by atoms with van der Waals surface area (Å²) in [7, 11) is 1.55. The van der Waals surface area contributed by atoms with Crippen LogP contribution in [0.25, 0.3) is 0 Å². The second-order valence-corrected chi connectivity index (χ2v) is 6.74. The van der Waals surface area contributed by atoms with Gasteiger partial charge in [0, 0.05) is 4.47 Å². The molecule has 1 aromatic carbocycles. The average molecular weight is 348 g/mol. The molecule has 0 radical (unpaired) electrons. The number of benzene rings is 1. The van der Waals surface area contributed by atoms with Crippen LogP contribution in [0.2, 0.25) is 0 Å². The Hall–Kier alpha value is -1.62. The quantitative estimate of drug-likeness (QED) is 0.610. The molecule has 1 saturated heterocycles. The molecule has 1 heterocycles. The molecule has 2 fully saturated rings. The monoisotopic (exact) mass is 347 g/mol. The van der Waals surface area contributed by atoms with Gasteiger partial charge < -0.3 is 4.74 Å². The molecule has 2 bridgehead atoms. The third-order valence-corrected chi connectivity index (χ3v) is 5.35. The van der Waals surface area contributed by atoms with Crippen LogP contribution in [0.3, 0.4) is 0 Å². The summed E-state index contributed by atoms with van der Waals surface area (Å²) in [5.41, 5.74) is 0.538. The number of carbonyl (C=O) groups excluding carboxylic acids is 2. The minimum absolute atomic E-state index is 0.0850. The highest BCUT2D eigenvalue weighted by atomic mass is 79.9. The van der Waals surface area contributed by atoms with Crippen molar-refractivity contribution in [3.05, 3.63) is 34.8 Å². The predicted octanol–water partition coefficient (Wildman–Crippen LogP) is 2.77. The number of amides is 2. The van der Waals surface area contributed by atoms with Crippen LogP contribution in [0, 0.1) is 23.7 Å². The second-order valence-electron chi connectivity index (χ2n) is 5.83. The van der Waals surface area contributed by atoms with Gasteiger partial charge in [-0.05, 0) is 36.5 Å². The lowest BCUT2D eigenvalue weighted by Crippen LogP contribution is -2.33. The Labute approximate surface area is 130 Å². The fourth-order valence-corrected chi connectivity index (χ4v) is 4.33. The van der Waals surface area contributed by atoms with E-state index in [0.29, 0.717) is 11.4 Å². The molecule has 4 unspecified atom stereocenters. The smallest absolute Gasteiger partial charge is 0.238 e. The number of nitrogens with zero attached hydrogens (tertiary/aromatic N) is 1. The summed E-state index contributed by atoms with van der Waals surface area (Å²) in [6.07, 6.45) is 5.13. The minimum atomic E-state index is -0.184. The number of allylic oxidation sites excluding steroid dienone is 2. The molecule has 0 aromatic heterocycles. The van der Waals surface area contributed by atoms with Crippen molar-refractivity contribution in [2.75, 3.05) is 12.0 Å². The van der Waals surface area contributed by atoms with Crippen molar-refractivity contribution in [3.63, 3.8) is 0 Å². The molecule has 2 amide bonds. The molecule has 4 rings (SSSR count). The van der Waals surface area contributed by atoms with Gasteiger partial charge in [-0.15, -0.1) is 0 Å². The van der Waals surface area contributed by atoms with Crippen molar-refractivity contribution in [1.82, 2.24) is 0 Å². The number of fused-ring (bicyclic) bond motifs is 5. The van der Waals surface area contributed by atoms with Gasteiger partial charge in [0.1, 0.15) is 5.75 Å². The number of methoxy groups -OCH3 is 1. The number of hydrogen-bond donors (Lipinski definition) is 0. The topological polar surface area (TPSA) is 46.6 Å². The zero-order chi connectivity index (χ0) is 14.7. The first-order valence-corrected chi connectivity index (χ1v) is 7.81. The Morgan fingerprint density at radius 2 is 1.76 bits per heavy atom. The summed E-state index contributed by atoms with van der Waals surface area (Å²) in [6.45, 7) is 0. The summed E-state index contributed by atoms with van der Waals surface area (Å²) < 4.78 is 6.13. The molecule has 21 heavy (non-hydrogen) atoms. The van der Waals surface area contributed by atoms with E-state index in [2.05, 4.69) is 28.1 Å². The van der Waals surface area contributed by atoms with Gasteiger partial charge in [0.15, 0.2) is 0 Å². The summed E-state index contributed by atoms with van der Waals surface area (Å²) in [5, 5.41) is 0. The average Bonchev–Trinajstić information content (AvgIpc) is 3.13. The number of anilines is 1. The lowest BCUT2D eigenvalue weighted by atomic mass is 9.85. The minimum Gasteiger partial charge on any atom is -0.495 e. The molecule has 1 saturated carbocycles. The van der Waals surface area contributed by atoms with Crippen LogP contribution < -0.4 is 9.64 Å². The third-order valence-electron chi connectivity index (χ3n) is 4.85. The standard InChI is InChI=1S/C16H14BrNO3/c1-21-12-5-4-10(17)7-11(12)18-15(19)13-8-2-3-9(6-8)14(13)16(18)20/h2-5,7-9,13-14H,6H2,1H3. The van der Waals surface area contributed by atoms with E-state index in [1.54, 1.807) is 19.2 Å². The molecule has 108 valence electrons. The van der Waals surface area contributed by atoms with E-state index in [9.17, 15) is 9.59 Å². The fraction of sp³-hybridized carbons (Fsp3) is 0.375. The number of carbonyl (C=O) groups is 2. The van der Waals surface area contributed by atoms with E-state index in [1.807, 2.05) is 6.07 Å². The Morgan fingerprint density at radius 1 is 1.14 bits per heavy atom. The van der Waals surface area contributed by atoms with E-state index >= 15 is 0 Å². The summed E-state index contributed by atoms with van der Waals surface area (Å²) in [4.78, 5) is 26.9. The van der Waals surface area contributed by atoms with Gasteiger partial charge in [0.2, 0.25) is 11.8 Å². The highest BCUT2D eigenvalue weighted by molar-refractivity contribution is 9.10. The van der Waals surface area contributed by atoms with E-state index < -0.39 is 0 Å². The maximum atomic E-state index is 12.8. The molecule has 2 aliphatic carbocycles. The lowest BCUT2D eigenvalue weighted by molar-refractivity contribution is -0.123. The maximum Gasteiger partial charge on any atom is 0.238 e. The molecule has 0 spiro atoms. The van der Waals surface area contributed by atoms with Crippen LogP contribution in [0.4, 0.5) is 5.69 Å². The van der Waals surface area contributed by atoms with Gasteiger partial charge in [0.05, 0.1) is 24.6 Å². The lowest BCUT2D eigenvalue weighted by Gasteiger charge is -2.20. The van der Waals surface area contributed by atoms with Crippen LogP contribution in [0.15, 0.2) is 34.8 Å². The van der Waals surface area contributed by atoms with Crippen LogP contribution >= 0.6 is 15.9 Å². The molecule has 3 aliphatic rings. The molecule has 1 aromatic rings. The van der Waals surface area contributed by atoms with E-state index in [4.69, 9.17) is 4.74 Å². The molecule has 1 aliphatic heterocycles. The van der Waals surface area contributed by atoms with E-state index in [1.165, 1.54) is 4.90 Å². The SMILES string of the molecule is COc1ccc(Br)cc1N1C(=O)C2C3C=CC(C3)C2C1=O. The first-order valence-electron chi connectivity index (χ1n) is 7.01. The Balaban J connectivity index is 1.79. The van der Waals surface area contributed by atoms with Crippen LogP contribution in [0.1, 0.15) is 6.42 Å². The van der Waals surface area contributed by atoms with E-state index in [0.717, 1.165) is 10.9 Å². The first kappa shape index (κ1) is 13.1. The Kier molecular flexibility index (Phi) is 2.76. The maximum absolute atomic E-state index is 12.8. The summed E-state index contributed by atoms with van der Waals surface area (Å²) in [6, 6.07) is 5.37. The zero-order valence-corrected chi connectivity index (χ0v) is 13.0. The Morgan fingerprint density at radius 3 is 2.33 bits per heavy atom. The van der Waals surface area contributed by atoms with Crippen LogP contribution in [-0.2, 0) is 9.59 Å². The normalized spacial score (nSPS) is 33.0. The molecule has 0 N–H and O–H groups in total. The van der Waals surface area contributed by atoms with Crippen LogP contribution in [0.5, 0.6) is 5.75 Å². The van der Waals surface area contributed by atoms with Gasteiger partial charge in [-0.2, -0.15) is 0 Å². The number of imide groups is 1. The van der Waals surface area contributed by atoms with Crippen molar-refractivity contribution in [1.29, 1.82) is 0 Å². The zero-order valence-electron chi connectivity index (χ0n) is 11.5. The molecular formula is C16H14BrNO3. The highest BCUT2D eigenvalue weighted by Crippen LogP contribution is 2.54. The number of ether oxygens (including phenoxy) is 1. The van der Waals surface area contributed by atoms with Gasteiger partial charge >= 0.3 is 0 Å². The Bertz CT molecular complexity index is 654. The number of rotatable bonds is 2. The largest absolute Gasteiger partial charge is 0.495 e. The fourth-order valence-electron chi connectivity index (χ4n) is 3.98. The first-order chi connectivity index (χ1) is 10.1.